The van der Waals surface area contributed by atoms with Crippen molar-refractivity contribution in [1.82, 2.24) is 20.2 Å². The first-order valence-electron chi connectivity index (χ1n) is 2.82. The predicted octanol–water partition coefficient (Wildman–Crippen LogP) is 0.734. The zero-order valence-electron chi connectivity index (χ0n) is 5.53. The van der Waals surface area contributed by atoms with Gasteiger partial charge in [-0.05, 0) is 17.4 Å². The molecule has 1 aromatic rings. The van der Waals surface area contributed by atoms with Crippen LogP contribution >= 0.6 is 11.6 Å². The van der Waals surface area contributed by atoms with Gasteiger partial charge < -0.3 is 0 Å². The number of hydrogen-bond donors (Lipinski definition) is 0. The third-order valence-electron chi connectivity index (χ3n) is 1.08. The second-order valence-electron chi connectivity index (χ2n) is 1.77. The molecule has 1 rings (SSSR count). The Bertz CT molecular complexity index is 229. The predicted molar refractivity (Wildman–Crippen MR) is 37.5 cm³/mol. The summed E-state index contributed by atoms with van der Waals surface area (Å²) in [5, 5.41) is 10.9. The molecule has 0 radical (unpaired) electrons. The summed E-state index contributed by atoms with van der Waals surface area (Å²) in [5.41, 5.74) is 1.45. The molecule has 5 heteroatoms. The summed E-state index contributed by atoms with van der Waals surface area (Å²) in [6, 6.07) is 0. The smallest absolute Gasteiger partial charge is 0.148 e. The van der Waals surface area contributed by atoms with Gasteiger partial charge in [0.05, 0.1) is 6.54 Å². The van der Waals surface area contributed by atoms with Crippen molar-refractivity contribution < 1.29 is 0 Å². The van der Waals surface area contributed by atoms with Gasteiger partial charge in [0.15, 0.2) is 0 Å². The molecule has 54 valence electrons. The zero-order valence-corrected chi connectivity index (χ0v) is 6.28. The van der Waals surface area contributed by atoms with Crippen LogP contribution in [0.4, 0.5) is 0 Å². The minimum Gasteiger partial charge on any atom is -0.226 e. The first-order valence-corrected chi connectivity index (χ1v) is 3.26. The van der Waals surface area contributed by atoms with Crippen LogP contribution in [0.5, 0.6) is 0 Å². The fourth-order valence-electron chi connectivity index (χ4n) is 0.558. The van der Waals surface area contributed by atoms with Gasteiger partial charge in [-0.15, -0.1) is 5.10 Å². The minimum atomic E-state index is 0.627. The summed E-state index contributed by atoms with van der Waals surface area (Å²) < 4.78 is 1.65. The molecule has 1 aromatic heterocycles. The Morgan fingerprint density at radius 3 is 3.00 bits per heavy atom. The SMILES string of the molecule is Cc1nnnn1C/C=C/Cl. The number of rotatable bonds is 2. The Morgan fingerprint density at radius 1 is 1.70 bits per heavy atom. The van der Waals surface area contributed by atoms with Crippen LogP contribution in [0.3, 0.4) is 0 Å². The van der Waals surface area contributed by atoms with Gasteiger partial charge in [-0.1, -0.05) is 17.7 Å². The van der Waals surface area contributed by atoms with Crippen LogP contribution < -0.4 is 0 Å². The lowest BCUT2D eigenvalue weighted by Gasteiger charge is -1.92. The average Bonchev–Trinajstić information content (AvgIpc) is 2.31. The maximum absolute atomic E-state index is 5.31. The number of halogens is 1. The molecule has 0 bridgehead atoms. The Labute approximate surface area is 63.5 Å². The van der Waals surface area contributed by atoms with E-state index in [9.17, 15) is 0 Å². The van der Waals surface area contributed by atoms with Crippen LogP contribution in [-0.4, -0.2) is 20.2 Å². The number of nitrogens with zero attached hydrogens (tertiary/aromatic N) is 4. The molecule has 0 N–H and O–H groups in total. The minimum absolute atomic E-state index is 0.627. The molecular formula is C5H7ClN4. The molecule has 0 amide bonds. The highest BCUT2D eigenvalue weighted by molar-refractivity contribution is 6.25. The monoisotopic (exact) mass is 158 g/mol. The van der Waals surface area contributed by atoms with Crippen LogP contribution in [0.15, 0.2) is 11.6 Å². The summed E-state index contributed by atoms with van der Waals surface area (Å²) in [4.78, 5) is 0. The number of tetrazole rings is 1. The van der Waals surface area contributed by atoms with E-state index in [4.69, 9.17) is 11.6 Å². The molecule has 0 aliphatic rings. The first kappa shape index (κ1) is 7.21. The van der Waals surface area contributed by atoms with Gasteiger partial charge in [0.1, 0.15) is 5.82 Å². The van der Waals surface area contributed by atoms with E-state index in [2.05, 4.69) is 15.5 Å². The number of hydrogen-bond acceptors (Lipinski definition) is 3. The van der Waals surface area contributed by atoms with Crippen LogP contribution in [0.1, 0.15) is 5.82 Å². The maximum atomic E-state index is 5.31. The van der Waals surface area contributed by atoms with Crippen LogP contribution in [0.2, 0.25) is 0 Å². The normalized spacial score (nSPS) is 11.0. The highest BCUT2D eigenvalue weighted by Gasteiger charge is 1.94. The highest BCUT2D eigenvalue weighted by Crippen LogP contribution is 1.89. The van der Waals surface area contributed by atoms with Crippen molar-refractivity contribution in [1.29, 1.82) is 0 Å². The van der Waals surface area contributed by atoms with Crippen molar-refractivity contribution in [3.63, 3.8) is 0 Å². The second-order valence-corrected chi connectivity index (χ2v) is 2.02. The molecule has 0 saturated heterocycles. The van der Waals surface area contributed by atoms with E-state index in [1.54, 1.807) is 10.8 Å². The summed E-state index contributed by atoms with van der Waals surface area (Å²) in [7, 11) is 0. The van der Waals surface area contributed by atoms with E-state index in [0.29, 0.717) is 6.54 Å². The van der Waals surface area contributed by atoms with Gasteiger partial charge >= 0.3 is 0 Å². The van der Waals surface area contributed by atoms with Gasteiger partial charge in [0.2, 0.25) is 0 Å². The van der Waals surface area contributed by atoms with E-state index >= 15 is 0 Å². The van der Waals surface area contributed by atoms with E-state index in [0.717, 1.165) is 5.82 Å². The summed E-state index contributed by atoms with van der Waals surface area (Å²) in [6.07, 6.45) is 1.77. The lowest BCUT2D eigenvalue weighted by Crippen LogP contribution is -1.99. The van der Waals surface area contributed by atoms with Gasteiger partial charge in [-0.3, -0.25) is 0 Å². The molecule has 0 saturated carbocycles. The molecule has 0 aromatic carbocycles. The van der Waals surface area contributed by atoms with E-state index < -0.39 is 0 Å². The van der Waals surface area contributed by atoms with Crippen LogP contribution in [-0.2, 0) is 6.54 Å². The number of aromatic nitrogens is 4. The van der Waals surface area contributed by atoms with E-state index in [-0.39, 0.29) is 0 Å². The van der Waals surface area contributed by atoms with Crippen molar-refractivity contribution in [3.8, 4) is 0 Å². The lowest BCUT2D eigenvalue weighted by molar-refractivity contribution is 0.645. The Balaban J connectivity index is 2.65. The highest BCUT2D eigenvalue weighted by atomic mass is 35.5. The van der Waals surface area contributed by atoms with Crippen molar-refractivity contribution >= 4 is 11.6 Å². The molecule has 10 heavy (non-hydrogen) atoms. The fraction of sp³-hybridized carbons (Fsp3) is 0.400. The van der Waals surface area contributed by atoms with Crippen LogP contribution in [0.25, 0.3) is 0 Å². The molecule has 0 unspecified atom stereocenters. The Kier molecular flexibility index (Phi) is 2.39. The standard InChI is InChI=1S/C5H7ClN4/c1-5-7-8-9-10(5)4-2-3-6/h2-3H,4H2,1H3/b3-2+. The van der Waals surface area contributed by atoms with Gasteiger partial charge in [0.25, 0.3) is 0 Å². The molecule has 4 nitrogen and oxygen atoms in total. The quantitative estimate of drug-likeness (QED) is 0.638. The summed E-state index contributed by atoms with van der Waals surface area (Å²) in [6.45, 7) is 2.46. The Hall–Kier alpha value is -0.900. The van der Waals surface area contributed by atoms with E-state index in [1.807, 2.05) is 6.92 Å². The summed E-state index contributed by atoms with van der Waals surface area (Å²) in [5.74, 6) is 0.787. The third-order valence-corrected chi connectivity index (χ3v) is 1.26. The van der Waals surface area contributed by atoms with Gasteiger partial charge in [-0.2, -0.15) is 0 Å². The van der Waals surface area contributed by atoms with Crippen molar-refractivity contribution in [2.24, 2.45) is 0 Å². The zero-order chi connectivity index (χ0) is 7.40. The second kappa shape index (κ2) is 3.31. The lowest BCUT2D eigenvalue weighted by atomic mass is 10.6. The van der Waals surface area contributed by atoms with Gasteiger partial charge in [0, 0.05) is 5.54 Å². The first-order chi connectivity index (χ1) is 4.84. The molecule has 1 heterocycles. The number of aryl methyl sites for hydroxylation is 1. The summed E-state index contributed by atoms with van der Waals surface area (Å²) >= 11 is 5.31. The largest absolute Gasteiger partial charge is 0.226 e. The third kappa shape index (κ3) is 1.54. The van der Waals surface area contributed by atoms with Crippen LogP contribution in [0, 0.1) is 6.92 Å². The maximum Gasteiger partial charge on any atom is 0.148 e. The molecular weight excluding hydrogens is 152 g/mol. The molecule has 0 fully saturated rings. The van der Waals surface area contributed by atoms with Crippen molar-refractivity contribution in [2.75, 3.05) is 0 Å². The fourth-order valence-corrected chi connectivity index (χ4v) is 0.637. The van der Waals surface area contributed by atoms with E-state index in [1.165, 1.54) is 5.54 Å². The Morgan fingerprint density at radius 2 is 2.50 bits per heavy atom. The molecule has 0 atom stereocenters. The molecule has 0 aliphatic heterocycles. The van der Waals surface area contributed by atoms with Crippen molar-refractivity contribution in [3.05, 3.63) is 17.4 Å². The molecule has 0 aliphatic carbocycles. The average molecular weight is 159 g/mol. The topological polar surface area (TPSA) is 43.6 Å². The molecule has 0 spiro atoms. The van der Waals surface area contributed by atoms with Gasteiger partial charge in [-0.25, -0.2) is 4.68 Å². The number of allylic oxidation sites excluding steroid dienone is 1. The van der Waals surface area contributed by atoms with Crippen molar-refractivity contribution in [2.45, 2.75) is 13.5 Å².